The van der Waals surface area contributed by atoms with Crippen molar-refractivity contribution in [2.45, 2.75) is 0 Å². The van der Waals surface area contributed by atoms with Crippen LogP contribution in [0.2, 0.25) is 5.02 Å². The molecule has 2 aromatic heterocycles. The van der Waals surface area contributed by atoms with Gasteiger partial charge in [0.1, 0.15) is 6.61 Å². The van der Waals surface area contributed by atoms with E-state index in [9.17, 15) is 4.79 Å². The summed E-state index contributed by atoms with van der Waals surface area (Å²) < 4.78 is 8.08. The monoisotopic (exact) mass is 471 g/mol. The van der Waals surface area contributed by atoms with Crippen LogP contribution in [0.3, 0.4) is 0 Å². The molecular weight excluding hydrogens is 458 g/mol. The highest BCUT2D eigenvalue weighted by molar-refractivity contribution is 9.10. The molecule has 146 valence electrons. The standard InChI is InChI=1S/C20H15BrClN5O2/c21-14-6-7-16(22)15(12-14)20(28)23-10-11-29-18-9-8-17-24-25-19(27(17)26-18)13-4-2-1-3-5-13/h1-9,12H,10-11H2,(H,23,28). The van der Waals surface area contributed by atoms with Crippen molar-refractivity contribution < 1.29 is 9.53 Å². The quantitative estimate of drug-likeness (QED) is 0.429. The normalized spacial score (nSPS) is 10.8. The fourth-order valence-corrected chi connectivity index (χ4v) is 3.27. The number of hydrogen-bond acceptors (Lipinski definition) is 5. The van der Waals surface area contributed by atoms with Crippen LogP contribution in [0, 0.1) is 0 Å². The van der Waals surface area contributed by atoms with Crippen molar-refractivity contribution in [3.05, 3.63) is 75.7 Å². The molecule has 0 aliphatic heterocycles. The van der Waals surface area contributed by atoms with Crippen LogP contribution in [-0.2, 0) is 0 Å². The zero-order valence-electron chi connectivity index (χ0n) is 15.0. The van der Waals surface area contributed by atoms with E-state index in [4.69, 9.17) is 16.3 Å². The molecule has 0 unspecified atom stereocenters. The van der Waals surface area contributed by atoms with E-state index in [-0.39, 0.29) is 12.5 Å². The summed E-state index contributed by atoms with van der Waals surface area (Å²) in [6, 6.07) is 18.3. The number of hydrogen-bond donors (Lipinski definition) is 1. The molecule has 0 atom stereocenters. The molecule has 1 N–H and O–H groups in total. The summed E-state index contributed by atoms with van der Waals surface area (Å²) in [6.07, 6.45) is 0. The van der Waals surface area contributed by atoms with Crippen molar-refractivity contribution in [3.63, 3.8) is 0 Å². The summed E-state index contributed by atoms with van der Waals surface area (Å²) >= 11 is 9.40. The lowest BCUT2D eigenvalue weighted by Gasteiger charge is -2.09. The maximum absolute atomic E-state index is 12.3. The van der Waals surface area contributed by atoms with Gasteiger partial charge in [0.2, 0.25) is 5.88 Å². The Balaban J connectivity index is 1.40. The van der Waals surface area contributed by atoms with Gasteiger partial charge in [-0.2, -0.15) is 4.52 Å². The van der Waals surface area contributed by atoms with Crippen LogP contribution in [0.1, 0.15) is 10.4 Å². The Hall–Kier alpha value is -2.97. The molecule has 0 aliphatic carbocycles. The van der Waals surface area contributed by atoms with Gasteiger partial charge < -0.3 is 10.1 Å². The number of amides is 1. The third-order valence-corrected chi connectivity index (χ3v) is 4.90. The molecule has 4 aromatic rings. The van der Waals surface area contributed by atoms with Crippen LogP contribution in [0.15, 0.2) is 65.1 Å². The van der Waals surface area contributed by atoms with Gasteiger partial charge in [-0.05, 0) is 24.3 Å². The minimum Gasteiger partial charge on any atom is -0.475 e. The minimum atomic E-state index is -0.270. The molecule has 2 heterocycles. The molecule has 0 bridgehead atoms. The lowest BCUT2D eigenvalue weighted by atomic mass is 10.2. The van der Waals surface area contributed by atoms with Gasteiger partial charge in [0.15, 0.2) is 11.5 Å². The average Bonchev–Trinajstić information content (AvgIpc) is 3.16. The molecule has 1 amide bonds. The SMILES string of the molecule is O=C(NCCOc1ccc2nnc(-c3ccccc3)n2n1)c1cc(Br)ccc1Cl. The molecular formula is C20H15BrClN5O2. The van der Waals surface area contributed by atoms with Gasteiger partial charge in [-0.3, -0.25) is 4.79 Å². The van der Waals surface area contributed by atoms with Crippen LogP contribution in [0.4, 0.5) is 0 Å². The second kappa shape index (κ2) is 8.59. The van der Waals surface area contributed by atoms with Crippen molar-refractivity contribution in [1.82, 2.24) is 25.1 Å². The van der Waals surface area contributed by atoms with Crippen molar-refractivity contribution in [2.75, 3.05) is 13.2 Å². The largest absolute Gasteiger partial charge is 0.475 e. The number of carbonyl (C=O) groups is 1. The van der Waals surface area contributed by atoms with Gasteiger partial charge in [-0.15, -0.1) is 15.3 Å². The predicted octanol–water partition coefficient (Wildman–Crippen LogP) is 4.02. The summed E-state index contributed by atoms with van der Waals surface area (Å²) in [5, 5.41) is 15.9. The molecule has 4 rings (SSSR count). The van der Waals surface area contributed by atoms with Crippen LogP contribution in [0.25, 0.3) is 17.0 Å². The van der Waals surface area contributed by atoms with E-state index in [1.807, 2.05) is 30.3 Å². The number of aromatic nitrogens is 4. The number of rotatable bonds is 6. The Kier molecular flexibility index (Phi) is 5.73. The highest BCUT2D eigenvalue weighted by Crippen LogP contribution is 2.21. The summed E-state index contributed by atoms with van der Waals surface area (Å²) in [5.41, 5.74) is 1.93. The van der Waals surface area contributed by atoms with Crippen LogP contribution in [0.5, 0.6) is 5.88 Å². The first-order valence-electron chi connectivity index (χ1n) is 8.76. The van der Waals surface area contributed by atoms with Crippen LogP contribution >= 0.6 is 27.5 Å². The lowest BCUT2D eigenvalue weighted by molar-refractivity contribution is 0.0946. The topological polar surface area (TPSA) is 81.4 Å². The number of halogens is 2. The Morgan fingerprint density at radius 1 is 1.10 bits per heavy atom. The Bertz CT molecular complexity index is 1170. The third-order valence-electron chi connectivity index (χ3n) is 4.08. The average molecular weight is 473 g/mol. The number of nitrogens with one attached hydrogen (secondary N) is 1. The molecule has 0 aliphatic rings. The Morgan fingerprint density at radius 2 is 1.93 bits per heavy atom. The first-order chi connectivity index (χ1) is 14.1. The second-order valence-corrected chi connectivity index (χ2v) is 7.38. The van der Waals surface area contributed by atoms with E-state index in [0.717, 1.165) is 10.0 Å². The van der Waals surface area contributed by atoms with Crippen molar-refractivity contribution >= 4 is 39.1 Å². The third kappa shape index (κ3) is 4.38. The lowest BCUT2D eigenvalue weighted by Crippen LogP contribution is -2.28. The van der Waals surface area contributed by atoms with Crippen LogP contribution in [-0.4, -0.2) is 38.9 Å². The molecule has 0 spiro atoms. The molecule has 9 heteroatoms. The van der Waals surface area contributed by atoms with E-state index in [0.29, 0.717) is 34.5 Å². The molecule has 2 aromatic carbocycles. The minimum absolute atomic E-state index is 0.249. The molecule has 0 fully saturated rings. The number of fused-ring (bicyclic) bond motifs is 1. The maximum atomic E-state index is 12.3. The Morgan fingerprint density at radius 3 is 2.76 bits per heavy atom. The van der Waals surface area contributed by atoms with Gasteiger partial charge in [-0.1, -0.05) is 57.9 Å². The zero-order chi connectivity index (χ0) is 20.2. The highest BCUT2D eigenvalue weighted by Gasteiger charge is 2.12. The number of nitrogens with zero attached hydrogens (tertiary/aromatic N) is 4. The molecule has 0 saturated heterocycles. The fraction of sp³-hybridized carbons (Fsp3) is 0.100. The van der Waals surface area contributed by atoms with E-state index >= 15 is 0 Å². The van der Waals surface area contributed by atoms with Gasteiger partial charge in [0, 0.05) is 16.1 Å². The molecule has 7 nitrogen and oxygen atoms in total. The van der Waals surface area contributed by atoms with Gasteiger partial charge in [0.25, 0.3) is 5.91 Å². The summed E-state index contributed by atoms with van der Waals surface area (Å²) in [5.74, 6) is 0.765. The molecule has 0 radical (unpaired) electrons. The predicted molar refractivity (Wildman–Crippen MR) is 113 cm³/mol. The first-order valence-corrected chi connectivity index (χ1v) is 9.93. The Labute approximate surface area is 179 Å². The second-order valence-electron chi connectivity index (χ2n) is 6.06. The molecule has 0 saturated carbocycles. The number of ether oxygens (including phenoxy) is 1. The maximum Gasteiger partial charge on any atom is 0.252 e. The smallest absolute Gasteiger partial charge is 0.252 e. The van der Waals surface area contributed by atoms with Crippen molar-refractivity contribution in [3.8, 4) is 17.3 Å². The van der Waals surface area contributed by atoms with E-state index in [1.165, 1.54) is 0 Å². The first kappa shape index (κ1) is 19.4. The van der Waals surface area contributed by atoms with Crippen LogP contribution < -0.4 is 10.1 Å². The van der Waals surface area contributed by atoms with Crippen molar-refractivity contribution in [2.24, 2.45) is 0 Å². The van der Waals surface area contributed by atoms with Gasteiger partial charge in [0.05, 0.1) is 17.1 Å². The molecule has 29 heavy (non-hydrogen) atoms. The summed E-state index contributed by atoms with van der Waals surface area (Å²) in [7, 11) is 0. The fourth-order valence-electron chi connectivity index (χ4n) is 2.70. The van der Waals surface area contributed by atoms with E-state index in [2.05, 4.69) is 36.5 Å². The van der Waals surface area contributed by atoms with Gasteiger partial charge >= 0.3 is 0 Å². The summed E-state index contributed by atoms with van der Waals surface area (Å²) in [4.78, 5) is 12.3. The zero-order valence-corrected chi connectivity index (χ0v) is 17.4. The van der Waals surface area contributed by atoms with Gasteiger partial charge in [-0.25, -0.2) is 0 Å². The van der Waals surface area contributed by atoms with E-state index < -0.39 is 0 Å². The van der Waals surface area contributed by atoms with E-state index in [1.54, 1.807) is 34.8 Å². The number of carbonyl (C=O) groups excluding carboxylic acids is 1. The van der Waals surface area contributed by atoms with Crippen molar-refractivity contribution in [1.29, 1.82) is 0 Å². The summed E-state index contributed by atoms with van der Waals surface area (Å²) in [6.45, 7) is 0.549. The highest BCUT2D eigenvalue weighted by atomic mass is 79.9. The number of benzene rings is 2.